The average molecular weight is 479 g/mol. The fraction of sp³-hybridized carbons (Fsp3) is 0.200. The normalized spacial score (nSPS) is 16.7. The molecule has 1 fully saturated rings. The molecular weight excluding hydrogens is 456 g/mol. The van der Waals surface area contributed by atoms with Gasteiger partial charge in [0.15, 0.2) is 0 Å². The molecule has 1 aliphatic rings. The number of benzene rings is 3. The largest absolute Gasteiger partial charge is 0.496 e. The van der Waals surface area contributed by atoms with Crippen molar-refractivity contribution >= 4 is 28.1 Å². The number of amides is 1. The average Bonchev–Trinajstić information content (AvgIpc) is 3.57. The number of carbonyl (C=O) groups is 1. The van der Waals surface area contributed by atoms with E-state index in [1.165, 1.54) is 0 Å². The highest BCUT2D eigenvalue weighted by Gasteiger charge is 2.60. The molecule has 3 aromatic carbocycles. The first-order chi connectivity index (χ1) is 15.1. The van der Waals surface area contributed by atoms with Crippen LogP contribution in [0.2, 0.25) is 0 Å². The van der Waals surface area contributed by atoms with Crippen LogP contribution in [-0.2, 0) is 10.2 Å². The van der Waals surface area contributed by atoms with Crippen LogP contribution in [0.4, 0.5) is 0 Å². The molecule has 1 atom stereocenters. The van der Waals surface area contributed by atoms with Crippen LogP contribution in [0.1, 0.15) is 23.1 Å². The summed E-state index contributed by atoms with van der Waals surface area (Å²) in [5.74, 6) is 0.980. The van der Waals surface area contributed by atoms with Crippen LogP contribution in [-0.4, -0.2) is 26.3 Å². The van der Waals surface area contributed by atoms with E-state index in [1.807, 2.05) is 42.5 Å². The number of methoxy groups -OCH3 is 2. The van der Waals surface area contributed by atoms with Gasteiger partial charge in [0.2, 0.25) is 5.91 Å². The SMILES string of the molecule is COc1cc(OC)c(/C=N\NC(=O)[C@@H]2CC2(c2ccccc2)c2ccccc2)cc1Br. The molecule has 0 heterocycles. The van der Waals surface area contributed by atoms with Gasteiger partial charge in [0.1, 0.15) is 11.5 Å². The third kappa shape index (κ3) is 4.08. The van der Waals surface area contributed by atoms with E-state index in [9.17, 15) is 4.79 Å². The molecule has 5 nitrogen and oxygen atoms in total. The predicted molar refractivity (Wildman–Crippen MR) is 125 cm³/mol. The molecule has 1 aliphatic carbocycles. The molecule has 0 radical (unpaired) electrons. The summed E-state index contributed by atoms with van der Waals surface area (Å²) in [6.07, 6.45) is 2.33. The molecule has 0 aliphatic heterocycles. The fourth-order valence-corrected chi connectivity index (χ4v) is 4.61. The first kappa shape index (κ1) is 21.1. The Bertz CT molecular complexity index is 1060. The van der Waals surface area contributed by atoms with E-state index in [2.05, 4.69) is 50.7 Å². The molecule has 31 heavy (non-hydrogen) atoms. The summed E-state index contributed by atoms with van der Waals surface area (Å²) >= 11 is 3.46. The van der Waals surface area contributed by atoms with E-state index >= 15 is 0 Å². The van der Waals surface area contributed by atoms with Crippen LogP contribution in [0, 0.1) is 5.92 Å². The smallest absolute Gasteiger partial charge is 0.244 e. The van der Waals surface area contributed by atoms with E-state index in [4.69, 9.17) is 9.47 Å². The molecule has 3 aromatic rings. The van der Waals surface area contributed by atoms with Gasteiger partial charge in [-0.05, 0) is 39.5 Å². The summed E-state index contributed by atoms with van der Waals surface area (Å²) in [4.78, 5) is 13.0. The Balaban J connectivity index is 1.54. The number of hydrazone groups is 1. The van der Waals surface area contributed by atoms with Gasteiger partial charge in [0, 0.05) is 17.0 Å². The molecule has 158 valence electrons. The van der Waals surface area contributed by atoms with Crippen molar-refractivity contribution in [1.82, 2.24) is 5.43 Å². The lowest BCUT2D eigenvalue weighted by Crippen LogP contribution is -2.25. The van der Waals surface area contributed by atoms with Gasteiger partial charge in [-0.25, -0.2) is 5.43 Å². The van der Waals surface area contributed by atoms with Gasteiger partial charge in [-0.2, -0.15) is 5.10 Å². The second-order valence-electron chi connectivity index (χ2n) is 7.42. The molecule has 0 spiro atoms. The minimum absolute atomic E-state index is 0.101. The highest BCUT2D eigenvalue weighted by atomic mass is 79.9. The van der Waals surface area contributed by atoms with Crippen molar-refractivity contribution in [3.8, 4) is 11.5 Å². The summed E-state index contributed by atoms with van der Waals surface area (Å²) in [5.41, 5.74) is 5.41. The summed E-state index contributed by atoms with van der Waals surface area (Å²) in [6.45, 7) is 0. The number of hydrogen-bond acceptors (Lipinski definition) is 4. The summed E-state index contributed by atoms with van der Waals surface area (Å²) in [6, 6.07) is 24.0. The van der Waals surface area contributed by atoms with Gasteiger partial charge in [0.05, 0.1) is 30.8 Å². The number of rotatable bonds is 7. The quantitative estimate of drug-likeness (QED) is 0.387. The molecule has 1 N–H and O–H groups in total. The van der Waals surface area contributed by atoms with Gasteiger partial charge in [-0.3, -0.25) is 4.79 Å². The lowest BCUT2D eigenvalue weighted by atomic mass is 9.85. The zero-order valence-electron chi connectivity index (χ0n) is 17.3. The summed E-state index contributed by atoms with van der Waals surface area (Å²) < 4.78 is 11.5. The van der Waals surface area contributed by atoms with E-state index in [1.54, 1.807) is 26.5 Å². The van der Waals surface area contributed by atoms with Crippen molar-refractivity contribution in [2.24, 2.45) is 11.0 Å². The van der Waals surface area contributed by atoms with Gasteiger partial charge in [-0.1, -0.05) is 60.7 Å². The van der Waals surface area contributed by atoms with E-state index in [0.29, 0.717) is 11.5 Å². The van der Waals surface area contributed by atoms with Gasteiger partial charge in [-0.15, -0.1) is 0 Å². The van der Waals surface area contributed by atoms with E-state index < -0.39 is 0 Å². The van der Waals surface area contributed by atoms with Crippen molar-refractivity contribution in [3.63, 3.8) is 0 Å². The third-order valence-corrected chi connectivity index (χ3v) is 6.36. The minimum atomic E-state index is -0.317. The first-order valence-corrected chi connectivity index (χ1v) is 10.7. The number of carbonyl (C=O) groups excluding carboxylic acids is 1. The molecule has 6 heteroatoms. The number of ether oxygens (including phenoxy) is 2. The van der Waals surface area contributed by atoms with Crippen molar-refractivity contribution in [1.29, 1.82) is 0 Å². The number of nitrogens with zero attached hydrogens (tertiary/aromatic N) is 1. The number of halogens is 1. The fourth-order valence-electron chi connectivity index (χ4n) is 4.08. The standard InChI is InChI=1S/C25H23BrN2O3/c1-30-22-14-23(31-2)21(26)13-17(22)16-27-28-24(29)20-15-25(20,18-9-5-3-6-10-18)19-11-7-4-8-12-19/h3-14,16,20H,15H2,1-2H3,(H,28,29)/b27-16-/t20-/m0/s1. The molecule has 0 unspecified atom stereocenters. The molecule has 0 aromatic heterocycles. The molecule has 0 bridgehead atoms. The zero-order valence-corrected chi connectivity index (χ0v) is 18.9. The highest BCUT2D eigenvalue weighted by molar-refractivity contribution is 9.10. The lowest BCUT2D eigenvalue weighted by Gasteiger charge is -2.18. The first-order valence-electron chi connectivity index (χ1n) is 9.95. The minimum Gasteiger partial charge on any atom is -0.496 e. The Morgan fingerprint density at radius 3 is 2.13 bits per heavy atom. The Morgan fingerprint density at radius 1 is 1.00 bits per heavy atom. The maximum atomic E-state index is 13.0. The monoisotopic (exact) mass is 478 g/mol. The van der Waals surface area contributed by atoms with Crippen LogP contribution < -0.4 is 14.9 Å². The Labute approximate surface area is 190 Å². The highest BCUT2D eigenvalue weighted by Crippen LogP contribution is 2.58. The lowest BCUT2D eigenvalue weighted by molar-refractivity contribution is -0.122. The van der Waals surface area contributed by atoms with Gasteiger partial charge >= 0.3 is 0 Å². The summed E-state index contributed by atoms with van der Waals surface area (Å²) in [7, 11) is 3.17. The van der Waals surface area contributed by atoms with Crippen molar-refractivity contribution in [3.05, 3.63) is 94.0 Å². The molecular formula is C25H23BrN2O3. The van der Waals surface area contributed by atoms with Crippen molar-refractivity contribution in [2.45, 2.75) is 11.8 Å². The topological polar surface area (TPSA) is 59.9 Å². The summed E-state index contributed by atoms with van der Waals surface area (Å²) in [5, 5.41) is 4.19. The second-order valence-corrected chi connectivity index (χ2v) is 8.28. The second kappa shape index (κ2) is 8.94. The molecule has 4 rings (SSSR count). The van der Waals surface area contributed by atoms with E-state index in [-0.39, 0.29) is 17.2 Å². The van der Waals surface area contributed by atoms with Crippen molar-refractivity contribution < 1.29 is 14.3 Å². The zero-order chi connectivity index (χ0) is 21.8. The maximum Gasteiger partial charge on any atom is 0.244 e. The predicted octanol–water partition coefficient (Wildman–Crippen LogP) is 4.92. The Hall–Kier alpha value is -3.12. The van der Waals surface area contributed by atoms with Gasteiger partial charge < -0.3 is 9.47 Å². The molecule has 1 amide bonds. The number of hydrogen-bond donors (Lipinski definition) is 1. The molecule has 1 saturated carbocycles. The third-order valence-electron chi connectivity index (χ3n) is 5.74. The van der Waals surface area contributed by atoms with Gasteiger partial charge in [0.25, 0.3) is 0 Å². The maximum absolute atomic E-state index is 13.0. The van der Waals surface area contributed by atoms with Crippen LogP contribution in [0.3, 0.4) is 0 Å². The van der Waals surface area contributed by atoms with E-state index in [0.717, 1.165) is 27.6 Å². The van der Waals surface area contributed by atoms with Crippen LogP contribution in [0.25, 0.3) is 0 Å². The van der Waals surface area contributed by atoms with Crippen LogP contribution in [0.5, 0.6) is 11.5 Å². The molecule has 0 saturated heterocycles. The Morgan fingerprint density at radius 2 is 1.58 bits per heavy atom. The van der Waals surface area contributed by atoms with Crippen LogP contribution in [0.15, 0.2) is 82.4 Å². The van der Waals surface area contributed by atoms with Crippen LogP contribution >= 0.6 is 15.9 Å². The number of nitrogens with one attached hydrogen (secondary N) is 1. The Kier molecular flexibility index (Phi) is 6.09. The van der Waals surface area contributed by atoms with Crippen molar-refractivity contribution in [2.75, 3.05) is 14.2 Å².